The van der Waals surface area contributed by atoms with Gasteiger partial charge in [0, 0.05) is 0 Å². The van der Waals surface area contributed by atoms with Gasteiger partial charge in [-0.3, -0.25) is 0 Å². The first-order valence-electron chi connectivity index (χ1n) is 5.61. The average molecular weight is 256 g/mol. The molecule has 2 aromatic carbocycles. The predicted octanol–water partition coefficient (Wildman–Crippen LogP) is 3.81. The molecule has 19 heavy (non-hydrogen) atoms. The Morgan fingerprint density at radius 1 is 1.05 bits per heavy atom. The smallest absolute Gasteiger partial charge is 0.339 e. The Balaban J connectivity index is 2.36. The van der Waals surface area contributed by atoms with E-state index in [1.54, 1.807) is 25.1 Å². The van der Waals surface area contributed by atoms with Crippen LogP contribution in [0, 0.1) is 6.92 Å². The Morgan fingerprint density at radius 2 is 1.68 bits per heavy atom. The molecule has 0 heterocycles. The minimum absolute atomic E-state index is 0.179. The van der Waals surface area contributed by atoms with E-state index in [2.05, 4.69) is 10.2 Å². The monoisotopic (exact) mass is 256 g/mol. The van der Waals surface area contributed by atoms with E-state index in [0.717, 1.165) is 0 Å². The first-order valence-corrected chi connectivity index (χ1v) is 5.61. The van der Waals surface area contributed by atoms with Crippen LogP contribution in [0.4, 0.5) is 11.4 Å². The minimum Gasteiger partial charge on any atom is -0.507 e. The van der Waals surface area contributed by atoms with Gasteiger partial charge in [0.1, 0.15) is 11.3 Å². The van der Waals surface area contributed by atoms with Gasteiger partial charge in [-0.1, -0.05) is 18.2 Å². The van der Waals surface area contributed by atoms with Gasteiger partial charge in [0.2, 0.25) is 0 Å². The van der Waals surface area contributed by atoms with Gasteiger partial charge in [-0.25, -0.2) is 4.79 Å². The lowest BCUT2D eigenvalue weighted by atomic mass is 10.1. The number of benzene rings is 2. The fourth-order valence-electron chi connectivity index (χ4n) is 1.59. The van der Waals surface area contributed by atoms with Crippen molar-refractivity contribution in [1.29, 1.82) is 0 Å². The number of hydrogen-bond acceptors (Lipinski definition) is 4. The van der Waals surface area contributed by atoms with Crippen LogP contribution in [0.5, 0.6) is 5.75 Å². The molecule has 2 N–H and O–H groups in total. The van der Waals surface area contributed by atoms with E-state index in [0.29, 0.717) is 16.9 Å². The highest BCUT2D eigenvalue weighted by atomic mass is 16.4. The summed E-state index contributed by atoms with van der Waals surface area (Å²) in [7, 11) is 0. The van der Waals surface area contributed by atoms with Crippen molar-refractivity contribution in [3.05, 3.63) is 53.6 Å². The van der Waals surface area contributed by atoms with Crippen LogP contribution in [0.1, 0.15) is 15.9 Å². The van der Waals surface area contributed by atoms with Gasteiger partial charge in [-0.2, -0.15) is 10.2 Å². The average Bonchev–Trinajstić information content (AvgIpc) is 2.41. The molecule has 0 atom stereocenters. The van der Waals surface area contributed by atoms with Gasteiger partial charge in [0.25, 0.3) is 0 Å². The summed E-state index contributed by atoms with van der Waals surface area (Å²) in [6, 6.07) is 12.0. The van der Waals surface area contributed by atoms with Crippen LogP contribution in [0.3, 0.4) is 0 Å². The lowest BCUT2D eigenvalue weighted by molar-refractivity contribution is 0.0693. The zero-order valence-electron chi connectivity index (χ0n) is 10.2. The van der Waals surface area contributed by atoms with Crippen molar-refractivity contribution in [2.45, 2.75) is 6.92 Å². The number of aromatic carboxylic acids is 1. The molecule has 0 unspecified atom stereocenters. The highest BCUT2D eigenvalue weighted by Crippen LogP contribution is 2.29. The zero-order chi connectivity index (χ0) is 13.8. The number of nitrogens with zero attached hydrogens (tertiary/aromatic N) is 2. The summed E-state index contributed by atoms with van der Waals surface area (Å²) in [6.07, 6.45) is 0. The Labute approximate surface area is 109 Å². The Kier molecular flexibility index (Phi) is 3.56. The number of rotatable bonds is 3. The lowest BCUT2D eigenvalue weighted by Gasteiger charge is -2.04. The number of aryl methyl sites for hydroxylation is 1. The zero-order valence-corrected chi connectivity index (χ0v) is 10.2. The largest absolute Gasteiger partial charge is 0.507 e. The Morgan fingerprint density at radius 3 is 2.32 bits per heavy atom. The number of azo groups is 1. The summed E-state index contributed by atoms with van der Waals surface area (Å²) in [5.74, 6) is -1.44. The predicted molar refractivity (Wildman–Crippen MR) is 70.4 cm³/mol. The Bertz CT molecular complexity index is 637. The molecule has 0 aromatic heterocycles. The normalized spacial score (nSPS) is 10.8. The third kappa shape index (κ3) is 2.95. The number of hydrogen-bond donors (Lipinski definition) is 2. The second-order valence-electron chi connectivity index (χ2n) is 4.00. The molecule has 5 nitrogen and oxygen atoms in total. The first-order chi connectivity index (χ1) is 9.08. The number of phenols is 1. The van der Waals surface area contributed by atoms with Crippen molar-refractivity contribution >= 4 is 17.3 Å². The summed E-state index contributed by atoms with van der Waals surface area (Å²) in [6.45, 7) is 1.61. The standard InChI is InChI=1S/C14H12N2O3/c1-9-7-11(8-12(13(9)17)14(18)19)16-15-10-5-3-2-4-6-10/h2-8,17H,1H3,(H,18,19). The number of carbonyl (C=O) groups is 1. The quantitative estimate of drug-likeness (QED) is 0.819. The molecule has 0 radical (unpaired) electrons. The molecule has 0 aliphatic heterocycles. The van der Waals surface area contributed by atoms with Gasteiger partial charge < -0.3 is 10.2 Å². The summed E-state index contributed by atoms with van der Waals surface area (Å²) < 4.78 is 0. The van der Waals surface area contributed by atoms with Crippen LogP contribution >= 0.6 is 0 Å². The molecule has 0 saturated carbocycles. The lowest BCUT2D eigenvalue weighted by Crippen LogP contribution is -1.97. The Hall–Kier alpha value is -2.69. The fraction of sp³-hybridized carbons (Fsp3) is 0.0714. The molecule has 5 heteroatoms. The van der Waals surface area contributed by atoms with Crippen molar-refractivity contribution < 1.29 is 15.0 Å². The maximum absolute atomic E-state index is 11.0. The number of carboxylic acids is 1. The second kappa shape index (κ2) is 5.30. The van der Waals surface area contributed by atoms with Crippen molar-refractivity contribution in [1.82, 2.24) is 0 Å². The van der Waals surface area contributed by atoms with Gasteiger partial charge in [-0.05, 0) is 36.8 Å². The van der Waals surface area contributed by atoms with Crippen molar-refractivity contribution in [3.8, 4) is 5.75 Å². The van der Waals surface area contributed by atoms with Crippen LogP contribution in [-0.4, -0.2) is 16.2 Å². The van der Waals surface area contributed by atoms with Crippen molar-refractivity contribution in [2.24, 2.45) is 10.2 Å². The van der Waals surface area contributed by atoms with Crippen LogP contribution in [0.15, 0.2) is 52.7 Å². The van der Waals surface area contributed by atoms with Crippen LogP contribution in [-0.2, 0) is 0 Å². The molecule has 2 rings (SSSR count). The molecule has 0 aliphatic carbocycles. The SMILES string of the molecule is Cc1cc(N=Nc2ccccc2)cc(C(=O)O)c1O. The van der Waals surface area contributed by atoms with Gasteiger partial charge in [-0.15, -0.1) is 0 Å². The molecule has 2 aromatic rings. The fourth-order valence-corrected chi connectivity index (χ4v) is 1.59. The first kappa shape index (κ1) is 12.8. The molecule has 96 valence electrons. The number of aromatic hydroxyl groups is 1. The van der Waals surface area contributed by atoms with E-state index in [9.17, 15) is 9.90 Å². The minimum atomic E-state index is -1.20. The topological polar surface area (TPSA) is 82.2 Å². The molecule has 0 saturated heterocycles. The summed E-state index contributed by atoms with van der Waals surface area (Å²) in [4.78, 5) is 11.0. The number of carboxylic acid groups (broad SMARTS) is 1. The highest BCUT2D eigenvalue weighted by Gasteiger charge is 2.13. The summed E-state index contributed by atoms with van der Waals surface area (Å²) >= 11 is 0. The second-order valence-corrected chi connectivity index (χ2v) is 4.00. The van der Waals surface area contributed by atoms with Gasteiger partial charge in [0.15, 0.2) is 0 Å². The van der Waals surface area contributed by atoms with Crippen LogP contribution in [0.2, 0.25) is 0 Å². The summed E-state index contributed by atoms with van der Waals surface area (Å²) in [5, 5.41) is 26.6. The molecule has 0 fully saturated rings. The van der Waals surface area contributed by atoms with Crippen LogP contribution < -0.4 is 0 Å². The third-order valence-electron chi connectivity index (χ3n) is 2.55. The maximum Gasteiger partial charge on any atom is 0.339 e. The molecular weight excluding hydrogens is 244 g/mol. The van der Waals surface area contributed by atoms with E-state index in [1.165, 1.54) is 6.07 Å². The van der Waals surface area contributed by atoms with Crippen molar-refractivity contribution in [2.75, 3.05) is 0 Å². The maximum atomic E-state index is 11.0. The van der Waals surface area contributed by atoms with E-state index >= 15 is 0 Å². The molecular formula is C14H12N2O3. The third-order valence-corrected chi connectivity index (χ3v) is 2.55. The van der Waals surface area contributed by atoms with Gasteiger partial charge >= 0.3 is 5.97 Å². The molecule has 0 spiro atoms. The van der Waals surface area contributed by atoms with Crippen molar-refractivity contribution in [3.63, 3.8) is 0 Å². The molecule has 0 aliphatic rings. The van der Waals surface area contributed by atoms with E-state index in [1.807, 2.05) is 18.2 Å². The summed E-state index contributed by atoms with van der Waals surface area (Å²) in [5.41, 5.74) is 1.32. The van der Waals surface area contributed by atoms with E-state index in [-0.39, 0.29) is 11.3 Å². The van der Waals surface area contributed by atoms with Gasteiger partial charge in [0.05, 0.1) is 11.4 Å². The van der Waals surface area contributed by atoms with E-state index in [4.69, 9.17) is 5.11 Å². The highest BCUT2D eigenvalue weighted by molar-refractivity contribution is 5.92. The molecule has 0 bridgehead atoms. The molecule has 0 amide bonds. The van der Waals surface area contributed by atoms with Crippen LogP contribution in [0.25, 0.3) is 0 Å². The van der Waals surface area contributed by atoms with E-state index < -0.39 is 5.97 Å².